The van der Waals surface area contributed by atoms with Crippen molar-refractivity contribution in [3.05, 3.63) is 24.0 Å². The minimum absolute atomic E-state index is 0.177. The SMILES string of the molecule is CC(C)OC(=O)Nc1ccc(N2CCCC(CC(=O)N3C4CCC3CC(O)C4)C2)c(F)c1. The predicted octanol–water partition coefficient (Wildman–Crippen LogP) is 3.90. The van der Waals surface area contributed by atoms with E-state index in [4.69, 9.17) is 4.74 Å². The van der Waals surface area contributed by atoms with Gasteiger partial charge >= 0.3 is 6.09 Å². The summed E-state index contributed by atoms with van der Waals surface area (Å²) < 4.78 is 19.9. The molecule has 176 valence electrons. The van der Waals surface area contributed by atoms with Crippen molar-refractivity contribution in [1.29, 1.82) is 0 Å². The lowest BCUT2D eigenvalue weighted by atomic mass is 9.92. The summed E-state index contributed by atoms with van der Waals surface area (Å²) >= 11 is 0. The molecule has 3 unspecified atom stereocenters. The van der Waals surface area contributed by atoms with Gasteiger partial charge in [-0.25, -0.2) is 9.18 Å². The second kappa shape index (κ2) is 9.65. The lowest BCUT2D eigenvalue weighted by Crippen LogP contribution is -2.49. The standard InChI is InChI=1S/C24H34FN3O4/c1-15(2)32-24(31)26-17-5-8-22(21(25)11-17)27-9-3-4-16(14-27)10-23(30)28-18-6-7-19(28)13-20(29)12-18/h5,8,11,15-16,18-20,29H,3-4,6-7,9-10,12-14H2,1-2H3,(H,26,31). The van der Waals surface area contributed by atoms with E-state index in [-0.39, 0.29) is 36.1 Å². The van der Waals surface area contributed by atoms with Gasteiger partial charge in [0.2, 0.25) is 5.91 Å². The fourth-order valence-corrected chi connectivity index (χ4v) is 5.56. The van der Waals surface area contributed by atoms with E-state index in [1.807, 2.05) is 9.80 Å². The number of fused-ring (bicyclic) bond motifs is 2. The van der Waals surface area contributed by atoms with Crippen molar-refractivity contribution in [2.75, 3.05) is 23.3 Å². The van der Waals surface area contributed by atoms with Gasteiger partial charge in [0.25, 0.3) is 0 Å². The highest BCUT2D eigenvalue weighted by atomic mass is 19.1. The number of nitrogens with zero attached hydrogens (tertiary/aromatic N) is 2. The van der Waals surface area contributed by atoms with Crippen molar-refractivity contribution in [2.45, 2.75) is 83.1 Å². The zero-order chi connectivity index (χ0) is 22.8. The molecule has 3 aliphatic rings. The number of anilines is 2. The second-order valence-electron chi connectivity index (χ2n) is 9.71. The Morgan fingerprint density at radius 2 is 1.94 bits per heavy atom. The number of nitrogens with one attached hydrogen (secondary N) is 1. The van der Waals surface area contributed by atoms with E-state index in [2.05, 4.69) is 5.32 Å². The fraction of sp³-hybridized carbons (Fsp3) is 0.667. The van der Waals surface area contributed by atoms with Crippen LogP contribution in [0.4, 0.5) is 20.6 Å². The number of carbonyl (C=O) groups excluding carboxylic acids is 2. The van der Waals surface area contributed by atoms with Gasteiger partial charge in [-0.2, -0.15) is 0 Å². The summed E-state index contributed by atoms with van der Waals surface area (Å²) in [6, 6.07) is 5.01. The van der Waals surface area contributed by atoms with Crippen LogP contribution in [0.5, 0.6) is 0 Å². The molecule has 2 N–H and O–H groups in total. The third-order valence-corrected chi connectivity index (χ3v) is 6.86. The number of rotatable bonds is 5. The summed E-state index contributed by atoms with van der Waals surface area (Å²) in [5, 5.41) is 12.5. The maximum Gasteiger partial charge on any atom is 0.411 e. The highest BCUT2D eigenvalue weighted by Crippen LogP contribution is 2.37. The van der Waals surface area contributed by atoms with Crippen LogP contribution < -0.4 is 10.2 Å². The van der Waals surface area contributed by atoms with E-state index >= 15 is 0 Å². The van der Waals surface area contributed by atoms with Crippen molar-refractivity contribution in [2.24, 2.45) is 5.92 Å². The Bertz CT molecular complexity index is 835. The minimum Gasteiger partial charge on any atom is -0.447 e. The van der Waals surface area contributed by atoms with Crippen LogP contribution in [-0.2, 0) is 9.53 Å². The molecule has 1 aromatic rings. The summed E-state index contributed by atoms with van der Waals surface area (Å²) in [7, 11) is 0. The van der Waals surface area contributed by atoms with Gasteiger partial charge in [0, 0.05) is 37.3 Å². The van der Waals surface area contributed by atoms with Gasteiger partial charge in [-0.1, -0.05) is 0 Å². The number of amides is 2. The van der Waals surface area contributed by atoms with Crippen molar-refractivity contribution in [3.8, 4) is 0 Å². The quantitative estimate of drug-likeness (QED) is 0.715. The summed E-state index contributed by atoms with van der Waals surface area (Å²) in [5.41, 5.74) is 0.842. The van der Waals surface area contributed by atoms with Crippen LogP contribution >= 0.6 is 0 Å². The van der Waals surface area contributed by atoms with Crippen molar-refractivity contribution >= 4 is 23.4 Å². The number of hydrogen-bond donors (Lipinski definition) is 2. The number of benzene rings is 1. The molecule has 2 amide bonds. The highest BCUT2D eigenvalue weighted by Gasteiger charge is 2.43. The first-order chi connectivity index (χ1) is 15.3. The Morgan fingerprint density at radius 3 is 2.59 bits per heavy atom. The lowest BCUT2D eigenvalue weighted by molar-refractivity contribution is -0.138. The zero-order valence-corrected chi connectivity index (χ0v) is 18.9. The lowest BCUT2D eigenvalue weighted by Gasteiger charge is -2.39. The van der Waals surface area contributed by atoms with Crippen molar-refractivity contribution in [3.63, 3.8) is 0 Å². The summed E-state index contributed by atoms with van der Waals surface area (Å²) in [5.74, 6) is -0.0389. The van der Waals surface area contributed by atoms with Gasteiger partial charge in [-0.15, -0.1) is 0 Å². The number of aliphatic hydroxyl groups excluding tert-OH is 1. The fourth-order valence-electron chi connectivity index (χ4n) is 5.56. The number of ether oxygens (including phenoxy) is 1. The van der Waals surface area contributed by atoms with E-state index in [0.29, 0.717) is 37.2 Å². The normalized spacial score (nSPS) is 27.5. The van der Waals surface area contributed by atoms with E-state index in [1.54, 1.807) is 26.0 Å². The molecule has 3 heterocycles. The average molecular weight is 448 g/mol. The molecule has 2 bridgehead atoms. The number of piperidine rings is 2. The molecular formula is C24H34FN3O4. The van der Waals surface area contributed by atoms with E-state index in [9.17, 15) is 19.1 Å². The Hall–Kier alpha value is -2.35. The molecule has 0 spiro atoms. The van der Waals surface area contributed by atoms with Gasteiger partial charge in [-0.05, 0) is 76.5 Å². The third kappa shape index (κ3) is 5.17. The van der Waals surface area contributed by atoms with Crippen LogP contribution in [0, 0.1) is 11.7 Å². The predicted molar refractivity (Wildman–Crippen MR) is 120 cm³/mol. The van der Waals surface area contributed by atoms with Crippen LogP contribution in [0.2, 0.25) is 0 Å². The summed E-state index contributed by atoms with van der Waals surface area (Å²) in [6.07, 6.45) is 4.54. The topological polar surface area (TPSA) is 82.1 Å². The van der Waals surface area contributed by atoms with E-state index < -0.39 is 11.9 Å². The molecule has 4 rings (SSSR count). The Kier molecular flexibility index (Phi) is 6.88. The van der Waals surface area contributed by atoms with Crippen LogP contribution in [0.3, 0.4) is 0 Å². The number of hydrogen-bond acceptors (Lipinski definition) is 5. The zero-order valence-electron chi connectivity index (χ0n) is 18.9. The molecule has 3 saturated heterocycles. The van der Waals surface area contributed by atoms with Gasteiger partial charge in [0.05, 0.1) is 17.9 Å². The Balaban J connectivity index is 1.35. The molecule has 0 aliphatic carbocycles. The van der Waals surface area contributed by atoms with Gasteiger partial charge in [0.15, 0.2) is 0 Å². The Labute approximate surface area is 188 Å². The number of halogens is 1. The first kappa shape index (κ1) is 22.8. The molecule has 8 heteroatoms. The van der Waals surface area contributed by atoms with Crippen LogP contribution in [0.25, 0.3) is 0 Å². The molecule has 0 aromatic heterocycles. The van der Waals surface area contributed by atoms with Crippen LogP contribution in [0.15, 0.2) is 18.2 Å². The largest absolute Gasteiger partial charge is 0.447 e. The molecule has 3 atom stereocenters. The van der Waals surface area contributed by atoms with Crippen LogP contribution in [0.1, 0.15) is 58.8 Å². The van der Waals surface area contributed by atoms with E-state index in [0.717, 1.165) is 32.2 Å². The smallest absolute Gasteiger partial charge is 0.411 e. The summed E-state index contributed by atoms with van der Waals surface area (Å²) in [6.45, 7) is 4.88. The molecule has 3 fully saturated rings. The van der Waals surface area contributed by atoms with Gasteiger partial charge in [-0.3, -0.25) is 10.1 Å². The Morgan fingerprint density at radius 1 is 1.22 bits per heavy atom. The monoisotopic (exact) mass is 447 g/mol. The molecule has 0 saturated carbocycles. The second-order valence-corrected chi connectivity index (χ2v) is 9.71. The first-order valence-corrected chi connectivity index (χ1v) is 11.8. The van der Waals surface area contributed by atoms with Gasteiger partial charge < -0.3 is 19.6 Å². The van der Waals surface area contributed by atoms with Crippen LogP contribution in [-0.4, -0.2) is 59.4 Å². The molecule has 1 aromatic carbocycles. The molecule has 3 aliphatic heterocycles. The maximum absolute atomic E-state index is 14.8. The molecule has 32 heavy (non-hydrogen) atoms. The third-order valence-electron chi connectivity index (χ3n) is 6.86. The van der Waals surface area contributed by atoms with Gasteiger partial charge in [0.1, 0.15) is 5.82 Å². The minimum atomic E-state index is -0.608. The average Bonchev–Trinajstić information content (AvgIpc) is 2.99. The molecular weight excluding hydrogens is 413 g/mol. The number of aliphatic hydroxyl groups is 1. The van der Waals surface area contributed by atoms with E-state index in [1.165, 1.54) is 6.07 Å². The van der Waals surface area contributed by atoms with Crippen molar-refractivity contribution in [1.82, 2.24) is 4.90 Å². The highest BCUT2D eigenvalue weighted by molar-refractivity contribution is 5.85. The maximum atomic E-state index is 14.8. The molecule has 0 radical (unpaired) electrons. The summed E-state index contributed by atoms with van der Waals surface area (Å²) in [4.78, 5) is 28.8. The van der Waals surface area contributed by atoms with Crippen molar-refractivity contribution < 1.29 is 23.8 Å². The first-order valence-electron chi connectivity index (χ1n) is 11.8. The molecule has 7 nitrogen and oxygen atoms in total. The number of carbonyl (C=O) groups is 2.